The van der Waals surface area contributed by atoms with E-state index in [4.69, 9.17) is 5.84 Å². The van der Waals surface area contributed by atoms with Crippen LogP contribution in [0.4, 0.5) is 5.69 Å². The lowest BCUT2D eigenvalue weighted by atomic mass is 10.2. The number of fused-ring (bicyclic) bond motifs is 1. The van der Waals surface area contributed by atoms with Crippen LogP contribution in [0.3, 0.4) is 0 Å². The number of carbonyl (C=O) groups is 1. The van der Waals surface area contributed by atoms with Crippen LogP contribution in [0.2, 0.25) is 0 Å². The molecule has 0 spiro atoms. The summed E-state index contributed by atoms with van der Waals surface area (Å²) in [5.74, 6) is 4.50. The molecule has 1 amide bonds. The van der Waals surface area contributed by atoms with Crippen LogP contribution in [0.25, 0.3) is 10.9 Å². The van der Waals surface area contributed by atoms with Crippen LogP contribution in [0, 0.1) is 10.1 Å². The summed E-state index contributed by atoms with van der Waals surface area (Å²) in [6, 6.07) is 5.80. The van der Waals surface area contributed by atoms with Crippen LogP contribution >= 0.6 is 0 Å². The van der Waals surface area contributed by atoms with Gasteiger partial charge in [0.2, 0.25) is 0 Å². The molecular formula is C9H8N4O3. The second kappa shape index (κ2) is 3.63. The first-order valence-corrected chi connectivity index (χ1v) is 4.40. The van der Waals surface area contributed by atoms with Crippen LogP contribution < -0.4 is 11.3 Å². The molecule has 1 aromatic heterocycles. The Morgan fingerprint density at radius 3 is 2.81 bits per heavy atom. The molecule has 2 aromatic rings. The van der Waals surface area contributed by atoms with Gasteiger partial charge in [0.05, 0.1) is 4.92 Å². The Labute approximate surface area is 89.4 Å². The molecule has 0 fully saturated rings. The first-order chi connectivity index (χ1) is 7.61. The Hall–Kier alpha value is -2.41. The lowest BCUT2D eigenvalue weighted by Crippen LogP contribution is -2.30. The van der Waals surface area contributed by atoms with E-state index >= 15 is 0 Å². The van der Waals surface area contributed by atoms with Crippen molar-refractivity contribution in [3.05, 3.63) is 40.1 Å². The monoisotopic (exact) mass is 220 g/mol. The number of nitrogens with two attached hydrogens (primary N) is 1. The number of nitrogens with zero attached hydrogens (tertiary/aromatic N) is 1. The molecule has 0 radical (unpaired) electrons. The molecule has 16 heavy (non-hydrogen) atoms. The molecule has 1 aromatic carbocycles. The minimum absolute atomic E-state index is 0.0220. The molecule has 0 atom stereocenters. The van der Waals surface area contributed by atoms with Crippen molar-refractivity contribution in [2.75, 3.05) is 0 Å². The first kappa shape index (κ1) is 10.1. The number of nitrogen functional groups attached to an aromatic ring is 1. The van der Waals surface area contributed by atoms with Gasteiger partial charge < -0.3 is 4.98 Å². The second-order valence-electron chi connectivity index (χ2n) is 3.19. The fourth-order valence-electron chi connectivity index (χ4n) is 1.43. The summed E-state index contributed by atoms with van der Waals surface area (Å²) in [5.41, 5.74) is 2.86. The van der Waals surface area contributed by atoms with E-state index in [2.05, 4.69) is 4.98 Å². The number of nitro groups is 1. The van der Waals surface area contributed by atoms with E-state index in [-0.39, 0.29) is 11.4 Å². The summed E-state index contributed by atoms with van der Waals surface area (Å²) in [7, 11) is 0. The topological polar surface area (TPSA) is 114 Å². The SMILES string of the molecule is NNC(=O)c1cc2cc([N+](=O)[O-])ccc2[nH]1. The van der Waals surface area contributed by atoms with Crippen molar-refractivity contribution in [3.8, 4) is 0 Å². The number of aromatic nitrogens is 1. The number of rotatable bonds is 2. The minimum Gasteiger partial charge on any atom is -0.350 e. The van der Waals surface area contributed by atoms with Crippen LogP contribution in [0.1, 0.15) is 10.5 Å². The number of nitro benzene ring substituents is 1. The van der Waals surface area contributed by atoms with Gasteiger partial charge in [-0.2, -0.15) is 0 Å². The number of amides is 1. The summed E-state index contributed by atoms with van der Waals surface area (Å²) in [5, 5.41) is 11.1. The summed E-state index contributed by atoms with van der Waals surface area (Å²) in [6.45, 7) is 0. The minimum atomic E-state index is -0.491. The smallest absolute Gasteiger partial charge is 0.281 e. The molecule has 0 saturated heterocycles. The fourth-order valence-corrected chi connectivity index (χ4v) is 1.43. The van der Waals surface area contributed by atoms with Crippen molar-refractivity contribution >= 4 is 22.5 Å². The van der Waals surface area contributed by atoms with Gasteiger partial charge in [0.1, 0.15) is 5.69 Å². The van der Waals surface area contributed by atoms with Gasteiger partial charge >= 0.3 is 0 Å². The molecule has 1 heterocycles. The molecule has 7 heteroatoms. The first-order valence-electron chi connectivity index (χ1n) is 4.40. The maximum Gasteiger partial charge on any atom is 0.281 e. The van der Waals surface area contributed by atoms with Gasteiger partial charge in [-0.3, -0.25) is 20.3 Å². The van der Waals surface area contributed by atoms with Crippen molar-refractivity contribution in [1.29, 1.82) is 0 Å². The molecule has 0 bridgehead atoms. The molecule has 0 saturated carbocycles. The highest BCUT2D eigenvalue weighted by atomic mass is 16.6. The maximum atomic E-state index is 11.2. The Kier molecular flexibility index (Phi) is 2.29. The van der Waals surface area contributed by atoms with E-state index in [1.54, 1.807) is 6.07 Å². The number of hydrazine groups is 1. The molecule has 82 valence electrons. The van der Waals surface area contributed by atoms with Crippen molar-refractivity contribution in [3.63, 3.8) is 0 Å². The molecule has 0 aliphatic rings. The Bertz CT molecular complexity index is 575. The predicted molar refractivity (Wildman–Crippen MR) is 56.6 cm³/mol. The fraction of sp³-hybridized carbons (Fsp3) is 0. The largest absolute Gasteiger partial charge is 0.350 e. The predicted octanol–water partition coefficient (Wildman–Crippen LogP) is 0.680. The van der Waals surface area contributed by atoms with E-state index in [0.717, 1.165) is 0 Å². The molecule has 0 aliphatic heterocycles. The third kappa shape index (κ3) is 1.59. The van der Waals surface area contributed by atoms with Gasteiger partial charge in [0.15, 0.2) is 0 Å². The molecule has 4 N–H and O–H groups in total. The zero-order valence-electron chi connectivity index (χ0n) is 8.06. The van der Waals surface area contributed by atoms with E-state index in [1.165, 1.54) is 18.2 Å². The van der Waals surface area contributed by atoms with Gasteiger partial charge in [0, 0.05) is 23.0 Å². The maximum absolute atomic E-state index is 11.2. The van der Waals surface area contributed by atoms with Crippen molar-refractivity contribution in [1.82, 2.24) is 10.4 Å². The van der Waals surface area contributed by atoms with Crippen LogP contribution in [-0.2, 0) is 0 Å². The zero-order valence-corrected chi connectivity index (χ0v) is 8.06. The normalized spacial score (nSPS) is 10.3. The van der Waals surface area contributed by atoms with E-state index in [1.807, 2.05) is 5.43 Å². The summed E-state index contributed by atoms with van der Waals surface area (Å²) in [6.07, 6.45) is 0. The van der Waals surface area contributed by atoms with Gasteiger partial charge in [-0.15, -0.1) is 0 Å². The number of hydrogen-bond acceptors (Lipinski definition) is 4. The third-order valence-electron chi connectivity index (χ3n) is 2.19. The summed E-state index contributed by atoms with van der Waals surface area (Å²) < 4.78 is 0. The average molecular weight is 220 g/mol. The number of carbonyl (C=O) groups excluding carboxylic acids is 1. The summed E-state index contributed by atoms with van der Waals surface area (Å²) >= 11 is 0. The number of non-ortho nitro benzene ring substituents is 1. The lowest BCUT2D eigenvalue weighted by Gasteiger charge is -1.92. The van der Waals surface area contributed by atoms with Crippen molar-refractivity contribution in [2.24, 2.45) is 5.84 Å². The quantitative estimate of drug-likeness (QED) is 0.299. The number of H-pyrrole nitrogens is 1. The Morgan fingerprint density at radius 1 is 1.44 bits per heavy atom. The number of nitrogens with one attached hydrogen (secondary N) is 2. The molecular weight excluding hydrogens is 212 g/mol. The molecule has 7 nitrogen and oxygen atoms in total. The standard InChI is InChI=1S/C9H8N4O3/c10-12-9(14)8-4-5-3-6(13(15)16)1-2-7(5)11-8/h1-4,11H,10H2,(H,12,14). The van der Waals surface area contributed by atoms with Crippen molar-refractivity contribution < 1.29 is 9.72 Å². The third-order valence-corrected chi connectivity index (χ3v) is 2.19. The van der Waals surface area contributed by atoms with Crippen LogP contribution in [0.15, 0.2) is 24.3 Å². The molecule has 2 rings (SSSR count). The average Bonchev–Trinajstić information content (AvgIpc) is 2.70. The number of aromatic amines is 1. The second-order valence-corrected chi connectivity index (χ2v) is 3.19. The van der Waals surface area contributed by atoms with Crippen molar-refractivity contribution in [2.45, 2.75) is 0 Å². The van der Waals surface area contributed by atoms with Gasteiger partial charge in [-0.25, -0.2) is 5.84 Å². The van der Waals surface area contributed by atoms with Crippen LogP contribution in [-0.4, -0.2) is 15.8 Å². The molecule has 0 unspecified atom stereocenters. The summed E-state index contributed by atoms with van der Waals surface area (Å²) in [4.78, 5) is 24.0. The highest BCUT2D eigenvalue weighted by molar-refractivity contribution is 5.98. The van der Waals surface area contributed by atoms with Gasteiger partial charge in [-0.05, 0) is 12.1 Å². The van der Waals surface area contributed by atoms with E-state index < -0.39 is 10.8 Å². The lowest BCUT2D eigenvalue weighted by molar-refractivity contribution is -0.384. The Balaban J connectivity index is 2.54. The number of benzene rings is 1. The highest BCUT2D eigenvalue weighted by Crippen LogP contribution is 2.21. The highest BCUT2D eigenvalue weighted by Gasteiger charge is 2.11. The van der Waals surface area contributed by atoms with Gasteiger partial charge in [-0.1, -0.05) is 0 Å². The van der Waals surface area contributed by atoms with Gasteiger partial charge in [0.25, 0.3) is 11.6 Å². The zero-order chi connectivity index (χ0) is 11.7. The Morgan fingerprint density at radius 2 is 2.19 bits per heavy atom. The van der Waals surface area contributed by atoms with Crippen LogP contribution in [0.5, 0.6) is 0 Å². The number of hydrogen-bond donors (Lipinski definition) is 3. The van der Waals surface area contributed by atoms with E-state index in [9.17, 15) is 14.9 Å². The van der Waals surface area contributed by atoms with E-state index in [0.29, 0.717) is 10.9 Å². The molecule has 0 aliphatic carbocycles.